The van der Waals surface area contributed by atoms with Crippen molar-refractivity contribution in [2.75, 3.05) is 19.0 Å². The molecule has 138 valence electrons. The number of rotatable bonds is 7. The molecule has 0 heterocycles. The molecule has 5 heteroatoms. The fourth-order valence-corrected chi connectivity index (χ4v) is 3.10. The molecule has 0 aliphatic rings. The summed E-state index contributed by atoms with van der Waals surface area (Å²) in [5.74, 6) is 0.475. The largest absolute Gasteiger partial charge is 0.495 e. The van der Waals surface area contributed by atoms with Crippen molar-refractivity contribution in [3.05, 3.63) is 95.0 Å². The number of nitrogens with one attached hydrogen (secondary N) is 2. The minimum absolute atomic E-state index is 0.143. The number of hydrogen-bond acceptors (Lipinski definition) is 3. The van der Waals surface area contributed by atoms with Gasteiger partial charge in [-0.05, 0) is 35.4 Å². The highest BCUT2D eigenvalue weighted by atomic mass is 35.5. The van der Waals surface area contributed by atoms with Crippen molar-refractivity contribution in [1.29, 1.82) is 0 Å². The quantitative estimate of drug-likeness (QED) is 0.626. The first-order valence-electron chi connectivity index (χ1n) is 8.64. The molecule has 0 aromatic heterocycles. The average molecular weight is 381 g/mol. The second-order valence-electron chi connectivity index (χ2n) is 6.03. The lowest BCUT2D eigenvalue weighted by molar-refractivity contribution is -0.115. The Morgan fingerprint density at radius 3 is 2.41 bits per heavy atom. The zero-order chi connectivity index (χ0) is 19.1. The molecule has 0 fully saturated rings. The van der Waals surface area contributed by atoms with Crippen LogP contribution < -0.4 is 15.4 Å². The maximum Gasteiger partial charge on any atom is 0.238 e. The van der Waals surface area contributed by atoms with E-state index in [4.69, 9.17) is 16.3 Å². The first kappa shape index (κ1) is 19.0. The van der Waals surface area contributed by atoms with Gasteiger partial charge < -0.3 is 10.1 Å². The third-order valence-electron chi connectivity index (χ3n) is 4.16. The Hall–Kier alpha value is -2.82. The third-order valence-corrected chi connectivity index (χ3v) is 4.40. The molecule has 3 rings (SSSR count). The number of carbonyl (C=O) groups is 1. The minimum Gasteiger partial charge on any atom is -0.495 e. The molecule has 2 N–H and O–H groups in total. The Morgan fingerprint density at radius 2 is 1.67 bits per heavy atom. The lowest BCUT2D eigenvalue weighted by atomic mass is 9.99. The van der Waals surface area contributed by atoms with Gasteiger partial charge in [-0.25, -0.2) is 0 Å². The van der Waals surface area contributed by atoms with Crippen LogP contribution >= 0.6 is 11.6 Å². The van der Waals surface area contributed by atoms with Crippen LogP contribution in [0.1, 0.15) is 17.2 Å². The van der Waals surface area contributed by atoms with E-state index >= 15 is 0 Å². The summed E-state index contributed by atoms with van der Waals surface area (Å²) in [4.78, 5) is 12.5. The molecular formula is C22H21ClN2O2. The maximum atomic E-state index is 12.5. The van der Waals surface area contributed by atoms with Crippen molar-refractivity contribution in [2.45, 2.75) is 6.04 Å². The van der Waals surface area contributed by atoms with Crippen LogP contribution in [0.4, 0.5) is 5.69 Å². The molecule has 0 aliphatic heterocycles. The smallest absolute Gasteiger partial charge is 0.238 e. The number of para-hydroxylation sites is 2. The normalized spacial score (nSPS) is 11.6. The van der Waals surface area contributed by atoms with Crippen molar-refractivity contribution in [3.63, 3.8) is 0 Å². The highest BCUT2D eigenvalue weighted by Crippen LogP contribution is 2.25. The van der Waals surface area contributed by atoms with Gasteiger partial charge in [0.05, 0.1) is 25.4 Å². The summed E-state index contributed by atoms with van der Waals surface area (Å²) < 4.78 is 5.27. The molecule has 27 heavy (non-hydrogen) atoms. The van der Waals surface area contributed by atoms with E-state index in [1.54, 1.807) is 7.11 Å². The number of amides is 1. The van der Waals surface area contributed by atoms with Gasteiger partial charge in [-0.3, -0.25) is 10.1 Å². The first-order chi connectivity index (χ1) is 13.2. The molecule has 0 bridgehead atoms. The summed E-state index contributed by atoms with van der Waals surface area (Å²) in [5.41, 5.74) is 2.70. The van der Waals surface area contributed by atoms with E-state index in [1.165, 1.54) is 0 Å². The Labute approximate surface area is 164 Å². The van der Waals surface area contributed by atoms with Gasteiger partial charge in [0, 0.05) is 5.02 Å². The number of halogens is 1. The molecule has 1 unspecified atom stereocenters. The summed E-state index contributed by atoms with van der Waals surface area (Å²) in [5, 5.41) is 6.87. The van der Waals surface area contributed by atoms with Gasteiger partial charge in [0.1, 0.15) is 5.75 Å². The van der Waals surface area contributed by atoms with Gasteiger partial charge in [-0.1, -0.05) is 66.2 Å². The number of carbonyl (C=O) groups excluding carboxylic acids is 1. The summed E-state index contributed by atoms with van der Waals surface area (Å²) in [6.45, 7) is 0.143. The van der Waals surface area contributed by atoms with Gasteiger partial charge in [-0.15, -0.1) is 0 Å². The summed E-state index contributed by atoms with van der Waals surface area (Å²) in [7, 11) is 1.58. The lowest BCUT2D eigenvalue weighted by Crippen LogP contribution is -2.32. The van der Waals surface area contributed by atoms with E-state index in [1.807, 2.05) is 78.9 Å². The zero-order valence-corrected chi connectivity index (χ0v) is 15.7. The SMILES string of the molecule is COc1ccccc1NC(=O)CNC(c1ccccc1)c1cccc(Cl)c1. The molecule has 0 saturated heterocycles. The summed E-state index contributed by atoms with van der Waals surface area (Å²) >= 11 is 6.16. The lowest BCUT2D eigenvalue weighted by Gasteiger charge is -2.20. The van der Waals surface area contributed by atoms with E-state index < -0.39 is 0 Å². The van der Waals surface area contributed by atoms with Gasteiger partial charge in [0.25, 0.3) is 0 Å². The van der Waals surface area contributed by atoms with Crippen LogP contribution in [0.25, 0.3) is 0 Å². The zero-order valence-electron chi connectivity index (χ0n) is 15.0. The maximum absolute atomic E-state index is 12.5. The predicted molar refractivity (Wildman–Crippen MR) is 109 cm³/mol. The highest BCUT2D eigenvalue weighted by Gasteiger charge is 2.16. The van der Waals surface area contributed by atoms with E-state index in [0.717, 1.165) is 11.1 Å². The van der Waals surface area contributed by atoms with Crippen LogP contribution in [0.15, 0.2) is 78.9 Å². The molecular weight excluding hydrogens is 360 g/mol. The van der Waals surface area contributed by atoms with Crippen molar-refractivity contribution in [2.24, 2.45) is 0 Å². The third kappa shape index (κ3) is 5.09. The van der Waals surface area contributed by atoms with E-state index in [0.29, 0.717) is 16.5 Å². The van der Waals surface area contributed by atoms with Crippen molar-refractivity contribution >= 4 is 23.2 Å². The topological polar surface area (TPSA) is 50.4 Å². The van der Waals surface area contributed by atoms with Gasteiger partial charge in [-0.2, -0.15) is 0 Å². The van der Waals surface area contributed by atoms with Gasteiger partial charge in [0.15, 0.2) is 0 Å². The number of ether oxygens (including phenoxy) is 1. The van der Waals surface area contributed by atoms with Crippen molar-refractivity contribution < 1.29 is 9.53 Å². The Bertz CT molecular complexity index is 900. The fourth-order valence-electron chi connectivity index (χ4n) is 2.90. The number of anilines is 1. The standard InChI is InChI=1S/C22H21ClN2O2/c1-27-20-13-6-5-12-19(20)25-21(26)15-24-22(16-8-3-2-4-9-16)17-10-7-11-18(23)14-17/h2-14,22,24H,15H2,1H3,(H,25,26). The van der Waals surface area contributed by atoms with Gasteiger partial charge >= 0.3 is 0 Å². The van der Waals surface area contributed by atoms with Crippen LogP contribution in [0, 0.1) is 0 Å². The minimum atomic E-state index is -0.151. The molecule has 1 amide bonds. The van der Waals surface area contributed by atoms with Crippen LogP contribution in [0.3, 0.4) is 0 Å². The number of benzene rings is 3. The Balaban J connectivity index is 1.74. The molecule has 3 aromatic carbocycles. The number of methoxy groups -OCH3 is 1. The van der Waals surface area contributed by atoms with Gasteiger partial charge in [0.2, 0.25) is 5.91 Å². The van der Waals surface area contributed by atoms with E-state index in [2.05, 4.69) is 10.6 Å². The molecule has 0 saturated carbocycles. The van der Waals surface area contributed by atoms with Crippen molar-refractivity contribution in [1.82, 2.24) is 5.32 Å². The molecule has 0 aliphatic carbocycles. The van der Waals surface area contributed by atoms with Crippen LogP contribution in [0.2, 0.25) is 5.02 Å². The molecule has 0 spiro atoms. The van der Waals surface area contributed by atoms with E-state index in [9.17, 15) is 4.79 Å². The predicted octanol–water partition coefficient (Wildman–Crippen LogP) is 4.67. The van der Waals surface area contributed by atoms with Crippen LogP contribution in [0.5, 0.6) is 5.75 Å². The molecule has 4 nitrogen and oxygen atoms in total. The van der Waals surface area contributed by atoms with Crippen LogP contribution in [-0.2, 0) is 4.79 Å². The molecule has 3 aromatic rings. The summed E-state index contributed by atoms with van der Waals surface area (Å²) in [6, 6.07) is 24.8. The van der Waals surface area contributed by atoms with Crippen molar-refractivity contribution in [3.8, 4) is 5.75 Å². The molecule has 0 radical (unpaired) electrons. The molecule has 1 atom stereocenters. The number of hydrogen-bond donors (Lipinski definition) is 2. The Kier molecular flexibility index (Phi) is 6.47. The average Bonchev–Trinajstić information content (AvgIpc) is 2.69. The highest BCUT2D eigenvalue weighted by molar-refractivity contribution is 6.30. The monoisotopic (exact) mass is 380 g/mol. The summed E-state index contributed by atoms with van der Waals surface area (Å²) in [6.07, 6.45) is 0. The van der Waals surface area contributed by atoms with E-state index in [-0.39, 0.29) is 18.5 Å². The Morgan fingerprint density at radius 1 is 0.963 bits per heavy atom. The second-order valence-corrected chi connectivity index (χ2v) is 6.46. The van der Waals surface area contributed by atoms with Crippen LogP contribution in [-0.4, -0.2) is 19.6 Å². The fraction of sp³-hybridized carbons (Fsp3) is 0.136. The second kappa shape index (κ2) is 9.21. The first-order valence-corrected chi connectivity index (χ1v) is 9.02.